The molecule has 0 fully saturated rings. The monoisotopic (exact) mass is 297 g/mol. The van der Waals surface area contributed by atoms with E-state index in [0.29, 0.717) is 0 Å². The Hall–Kier alpha value is -3.20. The van der Waals surface area contributed by atoms with Gasteiger partial charge in [0.1, 0.15) is 0 Å². The van der Waals surface area contributed by atoms with Crippen LogP contribution >= 0.6 is 0 Å². The lowest BCUT2D eigenvalue weighted by Crippen LogP contribution is -2.10. The summed E-state index contributed by atoms with van der Waals surface area (Å²) in [6.45, 7) is 0. The van der Waals surface area contributed by atoms with Gasteiger partial charge in [-0.1, -0.05) is 36.4 Å². The molecule has 0 aliphatic heterocycles. The highest BCUT2D eigenvalue weighted by atomic mass is 14.7. The standard InChI is InChI=1S/C20H15N3/c1-2-10-18-17(9-1)19(13-15-7-3-5-11-21-15)23-20(18)14-16-8-4-6-12-22-16/h1-14,23H. The molecule has 0 amide bonds. The number of H-pyrrole nitrogens is 1. The first-order chi connectivity index (χ1) is 11.4. The van der Waals surface area contributed by atoms with Gasteiger partial charge in [-0.3, -0.25) is 9.97 Å². The molecule has 3 heteroatoms. The van der Waals surface area contributed by atoms with Gasteiger partial charge >= 0.3 is 0 Å². The summed E-state index contributed by atoms with van der Waals surface area (Å²) >= 11 is 0. The number of benzene rings is 1. The van der Waals surface area contributed by atoms with E-state index in [1.807, 2.05) is 36.4 Å². The van der Waals surface area contributed by atoms with Crippen molar-refractivity contribution in [2.75, 3.05) is 0 Å². The molecule has 0 unspecified atom stereocenters. The van der Waals surface area contributed by atoms with E-state index < -0.39 is 0 Å². The van der Waals surface area contributed by atoms with E-state index in [-0.39, 0.29) is 0 Å². The van der Waals surface area contributed by atoms with Gasteiger partial charge in [0.15, 0.2) is 0 Å². The minimum atomic E-state index is 0.934. The maximum absolute atomic E-state index is 4.38. The van der Waals surface area contributed by atoms with Crippen LogP contribution < -0.4 is 10.7 Å². The Balaban J connectivity index is 1.98. The van der Waals surface area contributed by atoms with Gasteiger partial charge in [0.05, 0.1) is 11.4 Å². The van der Waals surface area contributed by atoms with Crippen LogP contribution in [0.25, 0.3) is 22.9 Å². The summed E-state index contributed by atoms with van der Waals surface area (Å²) in [5.41, 5.74) is 1.87. The normalized spacial score (nSPS) is 12.9. The van der Waals surface area contributed by atoms with Crippen LogP contribution in [0.4, 0.5) is 0 Å². The maximum atomic E-state index is 4.38. The molecule has 1 aromatic carbocycles. The van der Waals surface area contributed by atoms with Crippen molar-refractivity contribution >= 4 is 22.9 Å². The first-order valence-corrected chi connectivity index (χ1v) is 7.52. The lowest BCUT2D eigenvalue weighted by atomic mass is 10.2. The highest BCUT2D eigenvalue weighted by Gasteiger charge is 2.00. The minimum Gasteiger partial charge on any atom is -0.354 e. The van der Waals surface area contributed by atoms with Crippen LogP contribution in [0, 0.1) is 0 Å². The summed E-state index contributed by atoms with van der Waals surface area (Å²) < 4.78 is 0. The van der Waals surface area contributed by atoms with E-state index in [0.717, 1.165) is 22.1 Å². The van der Waals surface area contributed by atoms with E-state index >= 15 is 0 Å². The second-order valence-electron chi connectivity index (χ2n) is 5.30. The third-order valence-corrected chi connectivity index (χ3v) is 3.74. The minimum absolute atomic E-state index is 0.934. The fourth-order valence-corrected chi connectivity index (χ4v) is 2.68. The number of aromatic amines is 1. The largest absolute Gasteiger partial charge is 0.354 e. The average Bonchev–Trinajstić information content (AvgIpc) is 2.95. The number of hydrogen-bond donors (Lipinski definition) is 1. The molecule has 0 spiro atoms. The van der Waals surface area contributed by atoms with Gasteiger partial charge in [0.25, 0.3) is 0 Å². The van der Waals surface area contributed by atoms with Gasteiger partial charge in [0, 0.05) is 33.9 Å². The van der Waals surface area contributed by atoms with E-state index in [9.17, 15) is 0 Å². The van der Waals surface area contributed by atoms with Crippen LogP contribution in [0.2, 0.25) is 0 Å². The summed E-state index contributed by atoms with van der Waals surface area (Å²) in [6.07, 6.45) is 7.74. The molecule has 0 saturated carbocycles. The first-order valence-electron chi connectivity index (χ1n) is 7.52. The smallest absolute Gasteiger partial charge is 0.0650 e. The van der Waals surface area contributed by atoms with Crippen LogP contribution in [0.1, 0.15) is 11.4 Å². The highest BCUT2D eigenvalue weighted by molar-refractivity contribution is 5.85. The van der Waals surface area contributed by atoms with Gasteiger partial charge in [-0.2, -0.15) is 0 Å². The van der Waals surface area contributed by atoms with Crippen molar-refractivity contribution < 1.29 is 0 Å². The van der Waals surface area contributed by atoms with Crippen LogP contribution in [0.15, 0.2) is 73.1 Å². The molecule has 3 aromatic heterocycles. The molecule has 23 heavy (non-hydrogen) atoms. The number of aromatic nitrogens is 3. The van der Waals surface area contributed by atoms with Gasteiger partial charge < -0.3 is 4.98 Å². The first kappa shape index (κ1) is 13.5. The topological polar surface area (TPSA) is 41.6 Å². The molecule has 3 heterocycles. The van der Waals surface area contributed by atoms with Crippen molar-refractivity contribution in [3.63, 3.8) is 0 Å². The predicted octanol–water partition coefficient (Wildman–Crippen LogP) is 2.62. The van der Waals surface area contributed by atoms with E-state index in [4.69, 9.17) is 0 Å². The quantitative estimate of drug-likeness (QED) is 0.618. The molecule has 0 bridgehead atoms. The van der Waals surface area contributed by atoms with Gasteiger partial charge in [0.2, 0.25) is 0 Å². The third-order valence-electron chi connectivity index (χ3n) is 3.74. The van der Waals surface area contributed by atoms with Crippen molar-refractivity contribution in [3.8, 4) is 0 Å². The van der Waals surface area contributed by atoms with E-state index in [1.54, 1.807) is 12.4 Å². The Morgan fingerprint density at radius 3 is 1.52 bits per heavy atom. The van der Waals surface area contributed by atoms with Crippen molar-refractivity contribution in [1.29, 1.82) is 0 Å². The van der Waals surface area contributed by atoms with Gasteiger partial charge in [-0.25, -0.2) is 0 Å². The second-order valence-corrected chi connectivity index (χ2v) is 5.30. The number of rotatable bonds is 2. The molecule has 4 aromatic rings. The van der Waals surface area contributed by atoms with Gasteiger partial charge in [-0.05, 0) is 36.4 Å². The molecule has 110 valence electrons. The SMILES string of the molecule is C(c1ccccn1)=c1[nH]c(=Cc2ccccn2)c2ccccc12. The summed E-state index contributed by atoms with van der Waals surface area (Å²) in [5.74, 6) is 0. The summed E-state index contributed by atoms with van der Waals surface area (Å²) in [6, 6.07) is 20.2. The molecule has 4 rings (SSSR count). The fourth-order valence-electron chi connectivity index (χ4n) is 2.68. The molecular weight excluding hydrogens is 282 g/mol. The number of nitrogens with one attached hydrogen (secondary N) is 1. The van der Waals surface area contributed by atoms with Gasteiger partial charge in [-0.15, -0.1) is 0 Å². The van der Waals surface area contributed by atoms with Crippen molar-refractivity contribution in [3.05, 3.63) is 95.1 Å². The lowest BCUT2D eigenvalue weighted by molar-refractivity contribution is 1.24. The van der Waals surface area contributed by atoms with Crippen molar-refractivity contribution in [2.24, 2.45) is 0 Å². The van der Waals surface area contributed by atoms with Crippen molar-refractivity contribution in [2.45, 2.75) is 0 Å². The van der Waals surface area contributed by atoms with Crippen LogP contribution in [0.5, 0.6) is 0 Å². The predicted molar refractivity (Wildman–Crippen MR) is 93.2 cm³/mol. The Kier molecular flexibility index (Phi) is 3.45. The second kappa shape index (κ2) is 5.89. The zero-order chi connectivity index (χ0) is 15.5. The molecule has 0 aliphatic carbocycles. The molecule has 0 aliphatic rings. The number of pyridine rings is 2. The Bertz CT molecular complexity index is 963. The molecule has 3 nitrogen and oxygen atoms in total. The van der Waals surface area contributed by atoms with Crippen LogP contribution in [-0.2, 0) is 0 Å². The Labute approximate surface area is 133 Å². The zero-order valence-corrected chi connectivity index (χ0v) is 12.5. The fraction of sp³-hybridized carbons (Fsp3) is 0. The Morgan fingerprint density at radius 2 is 1.09 bits per heavy atom. The molecule has 1 N–H and O–H groups in total. The number of fused-ring (bicyclic) bond motifs is 1. The van der Waals surface area contributed by atoms with Crippen LogP contribution in [0.3, 0.4) is 0 Å². The molecular formula is C20H15N3. The third kappa shape index (κ3) is 2.77. The average molecular weight is 297 g/mol. The van der Waals surface area contributed by atoms with E-state index in [1.165, 1.54) is 10.8 Å². The summed E-state index contributed by atoms with van der Waals surface area (Å²) in [4.78, 5) is 12.2. The molecule has 0 saturated heterocycles. The number of hydrogen-bond acceptors (Lipinski definition) is 2. The van der Waals surface area contributed by atoms with Crippen molar-refractivity contribution in [1.82, 2.24) is 15.0 Å². The Morgan fingerprint density at radius 1 is 0.609 bits per heavy atom. The molecule has 0 atom stereocenters. The summed E-state index contributed by atoms with van der Waals surface area (Å²) in [7, 11) is 0. The summed E-state index contributed by atoms with van der Waals surface area (Å²) in [5, 5.41) is 4.48. The lowest BCUT2D eigenvalue weighted by Gasteiger charge is -1.90. The highest BCUT2D eigenvalue weighted by Crippen LogP contribution is 2.05. The maximum Gasteiger partial charge on any atom is 0.0650 e. The number of nitrogens with zero attached hydrogens (tertiary/aromatic N) is 2. The zero-order valence-electron chi connectivity index (χ0n) is 12.5. The van der Waals surface area contributed by atoms with Crippen LogP contribution in [-0.4, -0.2) is 15.0 Å². The molecule has 0 radical (unpaired) electrons. The van der Waals surface area contributed by atoms with E-state index in [2.05, 4.69) is 51.4 Å².